The molecule has 1 atom stereocenters. The van der Waals surface area contributed by atoms with E-state index < -0.39 is 22.4 Å². The molecule has 0 radical (unpaired) electrons. The van der Waals surface area contributed by atoms with E-state index in [1.54, 1.807) is 14.7 Å². The summed E-state index contributed by atoms with van der Waals surface area (Å²) >= 11 is 0. The summed E-state index contributed by atoms with van der Waals surface area (Å²) in [7, 11) is 0. The van der Waals surface area contributed by atoms with Crippen LogP contribution in [0.25, 0.3) is 0 Å². The maximum absolute atomic E-state index is 13.2. The number of benzene rings is 2. The zero-order chi connectivity index (χ0) is 25.3. The molecule has 2 aliphatic heterocycles. The summed E-state index contributed by atoms with van der Waals surface area (Å²) in [6, 6.07) is 9.88. The van der Waals surface area contributed by atoms with E-state index in [0.29, 0.717) is 12.6 Å². The van der Waals surface area contributed by atoms with Crippen molar-refractivity contribution in [3.05, 3.63) is 69.3 Å². The molecule has 2 heterocycles. The van der Waals surface area contributed by atoms with Crippen molar-refractivity contribution in [3.63, 3.8) is 0 Å². The van der Waals surface area contributed by atoms with Crippen molar-refractivity contribution in [3.8, 4) is 0 Å². The second kappa shape index (κ2) is 9.55. The fraction of sp³-hybridized carbons (Fsp3) is 0.417. The minimum atomic E-state index is -4.68. The summed E-state index contributed by atoms with van der Waals surface area (Å²) in [6.45, 7) is 3.05. The Morgan fingerprint density at radius 3 is 2.37 bits per heavy atom. The molecule has 2 aromatic carbocycles. The van der Waals surface area contributed by atoms with Crippen molar-refractivity contribution in [2.45, 2.75) is 32.0 Å². The summed E-state index contributed by atoms with van der Waals surface area (Å²) in [4.78, 5) is 41.0. The minimum absolute atomic E-state index is 0.0964. The predicted molar refractivity (Wildman–Crippen MR) is 122 cm³/mol. The first-order chi connectivity index (χ1) is 16.6. The number of alkyl halides is 3. The van der Waals surface area contributed by atoms with Crippen LogP contribution in [0, 0.1) is 10.1 Å². The number of amides is 2. The third-order valence-electron chi connectivity index (χ3n) is 6.66. The number of rotatable bonds is 4. The molecule has 0 spiro atoms. The Balaban J connectivity index is 1.46. The molecule has 2 aromatic rings. The number of carbonyl (C=O) groups excluding carboxylic acids is 2. The third-order valence-corrected chi connectivity index (χ3v) is 6.66. The van der Waals surface area contributed by atoms with Crippen LogP contribution in [0.15, 0.2) is 42.5 Å². The van der Waals surface area contributed by atoms with Crippen LogP contribution >= 0.6 is 0 Å². The van der Waals surface area contributed by atoms with Crippen LogP contribution in [0.2, 0.25) is 0 Å². The van der Waals surface area contributed by atoms with Gasteiger partial charge in [-0.1, -0.05) is 24.3 Å². The zero-order valence-corrected chi connectivity index (χ0v) is 19.1. The zero-order valence-electron chi connectivity index (χ0n) is 19.1. The Hall–Kier alpha value is -3.63. The van der Waals surface area contributed by atoms with Crippen LogP contribution in [0.1, 0.15) is 36.1 Å². The second-order valence-corrected chi connectivity index (χ2v) is 8.71. The molecule has 186 valence electrons. The summed E-state index contributed by atoms with van der Waals surface area (Å²) in [5.41, 5.74) is 0.475. The quantitative estimate of drug-likeness (QED) is 0.481. The number of carbonyl (C=O) groups is 2. The van der Waals surface area contributed by atoms with Gasteiger partial charge >= 0.3 is 6.18 Å². The van der Waals surface area contributed by atoms with E-state index in [4.69, 9.17) is 0 Å². The Kier molecular flexibility index (Phi) is 6.68. The number of piperazine rings is 1. The first kappa shape index (κ1) is 24.5. The molecule has 0 aromatic heterocycles. The maximum atomic E-state index is 13.2. The molecule has 2 aliphatic rings. The van der Waals surface area contributed by atoms with Crippen molar-refractivity contribution in [1.29, 1.82) is 0 Å². The molecular weight excluding hydrogens is 465 g/mol. The number of anilines is 1. The van der Waals surface area contributed by atoms with Crippen LogP contribution in [-0.4, -0.2) is 59.3 Å². The van der Waals surface area contributed by atoms with Crippen molar-refractivity contribution in [2.24, 2.45) is 0 Å². The molecule has 0 N–H and O–H groups in total. The summed E-state index contributed by atoms with van der Waals surface area (Å²) in [6.07, 6.45) is -3.83. The highest BCUT2D eigenvalue weighted by atomic mass is 19.4. The minimum Gasteiger partial charge on any atom is -0.362 e. The van der Waals surface area contributed by atoms with Gasteiger partial charge in [0, 0.05) is 45.7 Å². The van der Waals surface area contributed by atoms with Crippen LogP contribution in [0.4, 0.5) is 24.5 Å². The topological polar surface area (TPSA) is 87.0 Å². The molecular formula is C24H25F3N4O4. The van der Waals surface area contributed by atoms with Crippen molar-refractivity contribution in [2.75, 3.05) is 37.6 Å². The highest BCUT2D eigenvalue weighted by Crippen LogP contribution is 2.37. The molecule has 0 aliphatic carbocycles. The lowest BCUT2D eigenvalue weighted by Crippen LogP contribution is -2.50. The van der Waals surface area contributed by atoms with Crippen LogP contribution < -0.4 is 4.90 Å². The molecule has 1 fully saturated rings. The summed E-state index contributed by atoms with van der Waals surface area (Å²) < 4.78 is 39.0. The Labute approximate surface area is 200 Å². The molecule has 35 heavy (non-hydrogen) atoms. The Morgan fingerprint density at radius 2 is 1.74 bits per heavy atom. The van der Waals surface area contributed by atoms with Gasteiger partial charge in [-0.3, -0.25) is 19.7 Å². The fourth-order valence-corrected chi connectivity index (χ4v) is 4.85. The number of nitro benzene ring substituents is 1. The lowest BCUT2D eigenvalue weighted by atomic mass is 9.90. The largest absolute Gasteiger partial charge is 0.416 e. The molecule has 4 rings (SSSR count). The van der Waals surface area contributed by atoms with E-state index >= 15 is 0 Å². The smallest absolute Gasteiger partial charge is 0.362 e. The van der Waals surface area contributed by atoms with Crippen LogP contribution in [-0.2, 0) is 22.2 Å². The first-order valence-electron chi connectivity index (χ1n) is 11.3. The number of nitrogens with zero attached hydrogens (tertiary/aromatic N) is 4. The third kappa shape index (κ3) is 5.08. The maximum Gasteiger partial charge on any atom is 0.416 e. The van der Waals surface area contributed by atoms with Gasteiger partial charge in [-0.2, -0.15) is 13.2 Å². The van der Waals surface area contributed by atoms with Crippen molar-refractivity contribution in [1.82, 2.24) is 9.80 Å². The van der Waals surface area contributed by atoms with E-state index in [9.17, 15) is 32.9 Å². The van der Waals surface area contributed by atoms with Gasteiger partial charge in [0.05, 0.1) is 22.9 Å². The molecule has 11 heteroatoms. The summed E-state index contributed by atoms with van der Waals surface area (Å²) in [5, 5.41) is 11.4. The number of halogens is 3. The van der Waals surface area contributed by atoms with Crippen LogP contribution in [0.5, 0.6) is 0 Å². The van der Waals surface area contributed by atoms with Gasteiger partial charge in [-0.25, -0.2) is 0 Å². The van der Waals surface area contributed by atoms with E-state index in [-0.39, 0.29) is 56.1 Å². The number of hydrogen-bond acceptors (Lipinski definition) is 5. The van der Waals surface area contributed by atoms with Gasteiger partial charge < -0.3 is 14.7 Å². The monoisotopic (exact) mass is 490 g/mol. The average molecular weight is 490 g/mol. The molecule has 2 amide bonds. The van der Waals surface area contributed by atoms with Gasteiger partial charge in [0.25, 0.3) is 5.69 Å². The van der Waals surface area contributed by atoms with Crippen molar-refractivity contribution >= 4 is 23.2 Å². The highest BCUT2D eigenvalue weighted by molar-refractivity contribution is 5.80. The lowest BCUT2D eigenvalue weighted by molar-refractivity contribution is -0.384. The Bertz CT molecular complexity index is 1150. The predicted octanol–water partition coefficient (Wildman–Crippen LogP) is 3.80. The SMILES string of the molecule is CC(=O)N1CCc2ccccc2C1CC(=O)N1CCN(c2ccc(C(F)(F)F)cc2[N+](=O)[O-])CC1. The number of fused-ring (bicyclic) bond motifs is 1. The lowest BCUT2D eigenvalue weighted by Gasteiger charge is -2.39. The van der Waals surface area contributed by atoms with E-state index in [1.165, 1.54) is 6.92 Å². The van der Waals surface area contributed by atoms with Crippen molar-refractivity contribution < 1.29 is 27.7 Å². The summed E-state index contributed by atoms with van der Waals surface area (Å²) in [5.74, 6) is -0.240. The number of nitro groups is 1. The van der Waals surface area contributed by atoms with Crippen LogP contribution in [0.3, 0.4) is 0 Å². The van der Waals surface area contributed by atoms with E-state index in [1.807, 2.05) is 24.3 Å². The van der Waals surface area contributed by atoms with Gasteiger partial charge in [-0.15, -0.1) is 0 Å². The molecule has 0 bridgehead atoms. The van der Waals surface area contributed by atoms with E-state index in [2.05, 4.69) is 0 Å². The second-order valence-electron chi connectivity index (χ2n) is 8.71. The van der Waals surface area contributed by atoms with Gasteiger partial charge in [0.2, 0.25) is 11.8 Å². The molecule has 0 saturated carbocycles. The normalized spacial score (nSPS) is 18.3. The average Bonchev–Trinajstić information content (AvgIpc) is 2.83. The Morgan fingerprint density at radius 1 is 1.06 bits per heavy atom. The molecule has 1 saturated heterocycles. The van der Waals surface area contributed by atoms with Gasteiger partial charge in [-0.05, 0) is 29.7 Å². The van der Waals surface area contributed by atoms with Gasteiger partial charge in [0.15, 0.2) is 0 Å². The molecule has 8 nitrogen and oxygen atoms in total. The highest BCUT2D eigenvalue weighted by Gasteiger charge is 2.36. The number of hydrogen-bond donors (Lipinski definition) is 0. The standard InChI is InChI=1S/C24H25F3N4O4/c1-16(32)30-9-8-17-4-2-3-5-19(17)21(30)15-23(33)29-12-10-28(11-13-29)20-7-6-18(24(25,26)27)14-22(20)31(34)35/h2-7,14,21H,8-13,15H2,1H3. The van der Waals surface area contributed by atoms with Gasteiger partial charge in [0.1, 0.15) is 5.69 Å². The first-order valence-corrected chi connectivity index (χ1v) is 11.3. The van der Waals surface area contributed by atoms with E-state index in [0.717, 1.165) is 29.7 Å². The fourth-order valence-electron chi connectivity index (χ4n) is 4.85. The molecule has 1 unspecified atom stereocenters.